The number of alkyl halides is 6. The van der Waals surface area contributed by atoms with E-state index < -0.39 is 23.6 Å². The topological polar surface area (TPSA) is 79.2 Å². The fraction of sp³-hybridized carbons (Fsp3) is 0.353. The van der Waals surface area contributed by atoms with Gasteiger partial charge in [0.05, 0.1) is 18.9 Å². The molecule has 2 aliphatic carbocycles. The number of rotatable bonds is 6. The van der Waals surface area contributed by atoms with Gasteiger partial charge in [-0.25, -0.2) is 15.0 Å². The summed E-state index contributed by atoms with van der Waals surface area (Å²) in [7, 11) is 0. The van der Waals surface area contributed by atoms with Gasteiger partial charge in [-0.2, -0.15) is 26.3 Å². The van der Waals surface area contributed by atoms with Gasteiger partial charge in [0.2, 0.25) is 11.2 Å². The van der Waals surface area contributed by atoms with E-state index in [2.05, 4.69) is 15.3 Å². The Morgan fingerprint density at radius 3 is 2.06 bits per heavy atom. The molecule has 2 fully saturated rings. The molecule has 0 radical (unpaired) electrons. The molecule has 5 aliphatic rings. The zero-order chi connectivity index (χ0) is 34.8. The number of hydrogen-bond donors (Lipinski definition) is 2. The Hall–Kier alpha value is -2.57. The Balaban J connectivity index is 0.000000170. The Bertz CT molecular complexity index is 1880. The Morgan fingerprint density at radius 1 is 0.840 bits per heavy atom. The van der Waals surface area contributed by atoms with E-state index in [0.717, 1.165) is 25.7 Å². The van der Waals surface area contributed by atoms with Crippen molar-refractivity contribution in [3.63, 3.8) is 0 Å². The predicted octanol–water partition coefficient (Wildman–Crippen LogP) is 9.74. The summed E-state index contributed by atoms with van der Waals surface area (Å²) in [5.74, 6) is 0.252. The van der Waals surface area contributed by atoms with Crippen molar-refractivity contribution >= 4 is 46.2 Å². The summed E-state index contributed by atoms with van der Waals surface area (Å²) in [5.41, 5.74) is -5.38. The first-order chi connectivity index (χ1) is 23.2. The Kier molecular flexibility index (Phi) is 10.2. The van der Waals surface area contributed by atoms with Crippen molar-refractivity contribution in [2.75, 3.05) is 18.5 Å². The van der Waals surface area contributed by atoms with Crippen molar-refractivity contribution in [2.24, 2.45) is 16.8 Å². The summed E-state index contributed by atoms with van der Waals surface area (Å²) in [6.45, 7) is 0.0328. The average molecular weight is 964 g/mol. The number of hydroxylamine groups is 2. The number of halogens is 8. The molecule has 2 aromatic carbocycles. The molecule has 2 saturated carbocycles. The van der Waals surface area contributed by atoms with Gasteiger partial charge in [0.25, 0.3) is 0 Å². The summed E-state index contributed by atoms with van der Waals surface area (Å²) in [6.07, 6.45) is -0.643. The van der Waals surface area contributed by atoms with E-state index in [9.17, 15) is 31.5 Å². The molecule has 2 N–H and O–H groups in total. The van der Waals surface area contributed by atoms with Crippen LogP contribution in [-0.4, -0.2) is 46.7 Å². The number of pyridine rings is 1. The molecule has 16 heteroatoms. The van der Waals surface area contributed by atoms with Crippen LogP contribution in [0.1, 0.15) is 42.4 Å². The summed E-state index contributed by atoms with van der Waals surface area (Å²) in [6, 6.07) is 11.4. The van der Waals surface area contributed by atoms with Crippen molar-refractivity contribution < 1.29 is 72.1 Å². The minimum absolute atomic E-state index is 0. The molecule has 3 aromatic rings. The normalized spacial score (nSPS) is 23.4. The largest absolute Gasteiger partial charge is 0.426 e. The molecule has 1 aromatic heterocycles. The third-order valence-electron chi connectivity index (χ3n) is 8.96. The summed E-state index contributed by atoms with van der Waals surface area (Å²) in [4.78, 5) is 8.24. The van der Waals surface area contributed by atoms with E-state index in [0.29, 0.717) is 10.8 Å². The minimum atomic E-state index is -4.76. The van der Waals surface area contributed by atoms with Gasteiger partial charge in [0.1, 0.15) is 5.82 Å². The van der Waals surface area contributed by atoms with Crippen molar-refractivity contribution in [3.05, 3.63) is 105 Å². The van der Waals surface area contributed by atoms with Crippen LogP contribution in [0.3, 0.4) is 0 Å². The van der Waals surface area contributed by atoms with E-state index in [-0.39, 0.29) is 106 Å². The van der Waals surface area contributed by atoms with E-state index in [1.54, 1.807) is 6.07 Å². The van der Waals surface area contributed by atoms with Crippen LogP contribution >= 0.6 is 23.2 Å². The number of hydrogen-bond acceptors (Lipinski definition) is 7. The number of aromatic nitrogens is 1. The van der Waals surface area contributed by atoms with Crippen LogP contribution in [0.4, 0.5) is 43.5 Å². The first kappa shape index (κ1) is 37.2. The van der Waals surface area contributed by atoms with E-state index in [4.69, 9.17) is 32.7 Å². The minimum Gasteiger partial charge on any atom is -0.356 e. The van der Waals surface area contributed by atoms with Crippen molar-refractivity contribution in [3.8, 4) is 0 Å². The number of amidine groups is 1. The Labute approximate surface area is 316 Å². The summed E-state index contributed by atoms with van der Waals surface area (Å²) >= 11 is 12.0. The number of nitrogens with zero attached hydrogens (tertiary/aromatic N) is 3. The second-order valence-electron chi connectivity index (χ2n) is 12.4. The average Bonchev–Trinajstić information content (AvgIpc) is 3.98. The number of fused-ring (bicyclic) bond motifs is 4. The molecule has 0 spiro atoms. The molecule has 262 valence electrons. The van der Waals surface area contributed by atoms with Crippen LogP contribution in [0.25, 0.3) is 0 Å². The smallest absolute Gasteiger partial charge is 0.356 e. The number of nitrogens with one attached hydrogen (secondary N) is 1. The standard InChI is InChI=1S/C17H14ClF3N2O2.C17H14ClF3N2O.U/c18-11-5-6-14-13(8-11)16(17(19,20)21,25-9-10-3-4-10)12-2-1-7-23(24)15(12)22-14;18-11-5-6-14-13(8-11)16(17(19,20)21,24-9-10-3-4-10)12-2-1-7-22-15(12)23-14;/h1-2,5-8,10,24H,3-4,9H2;1-2,5-8,10H,3-4,9H2,(H,22,23);/t2*16-;/m11./s1. The van der Waals surface area contributed by atoms with Gasteiger partial charge in [-0.05, 0) is 86.1 Å². The molecule has 7 nitrogen and oxygen atoms in total. The van der Waals surface area contributed by atoms with Gasteiger partial charge in [0.15, 0.2) is 5.84 Å². The van der Waals surface area contributed by atoms with Gasteiger partial charge < -0.3 is 14.8 Å². The molecule has 0 saturated heterocycles. The molecule has 8 rings (SSSR count). The SMILES string of the molecule is FC(F)(F)[C@]1(OCC2CC2)c2cc(Cl)ccc2Nc2ncccc21.ON1C=CC=C2C1=Nc1ccc(Cl)cc1[C@@]2(OCC1CC1)C(F)(F)F.[U]. The van der Waals surface area contributed by atoms with Crippen molar-refractivity contribution in [2.45, 2.75) is 49.2 Å². The van der Waals surface area contributed by atoms with Crippen molar-refractivity contribution in [1.29, 1.82) is 0 Å². The zero-order valence-electron chi connectivity index (χ0n) is 26.0. The molecule has 0 bridgehead atoms. The number of benzene rings is 2. The summed E-state index contributed by atoms with van der Waals surface area (Å²) < 4.78 is 97.3. The molecule has 2 atom stereocenters. The van der Waals surface area contributed by atoms with Gasteiger partial charge >= 0.3 is 12.4 Å². The van der Waals surface area contributed by atoms with E-state index in [1.807, 2.05) is 0 Å². The fourth-order valence-electron chi connectivity index (χ4n) is 6.14. The number of anilines is 2. The Morgan fingerprint density at radius 2 is 1.44 bits per heavy atom. The molecule has 3 aliphatic heterocycles. The molecule has 0 amide bonds. The molecule has 4 heterocycles. The van der Waals surface area contributed by atoms with Crippen LogP contribution < -0.4 is 5.32 Å². The molecular weight excluding hydrogens is 935 g/mol. The predicted molar refractivity (Wildman–Crippen MR) is 170 cm³/mol. The quantitative estimate of drug-likeness (QED) is 0.240. The number of allylic oxidation sites excluding steroid dienone is 2. The first-order valence-electron chi connectivity index (χ1n) is 15.4. The number of ether oxygens (including phenoxy) is 2. The van der Waals surface area contributed by atoms with Gasteiger partial charge in [-0.3, -0.25) is 5.21 Å². The van der Waals surface area contributed by atoms with Crippen LogP contribution in [0.2, 0.25) is 10.0 Å². The molecule has 50 heavy (non-hydrogen) atoms. The maximum atomic E-state index is 14.4. The molecular formula is C34H28Cl2F6N4O3U. The van der Waals surface area contributed by atoms with Crippen LogP contribution in [-0.2, 0) is 20.7 Å². The van der Waals surface area contributed by atoms with E-state index in [1.165, 1.54) is 67.0 Å². The monoisotopic (exact) mass is 962 g/mol. The van der Waals surface area contributed by atoms with Gasteiger partial charge in [-0.15, -0.1) is 0 Å². The van der Waals surface area contributed by atoms with Crippen LogP contribution in [0.5, 0.6) is 0 Å². The zero-order valence-corrected chi connectivity index (χ0v) is 31.6. The van der Waals surface area contributed by atoms with Gasteiger partial charge in [0, 0.05) is 81.5 Å². The number of aliphatic imine (C=N–C) groups is 1. The van der Waals surface area contributed by atoms with Crippen LogP contribution in [0, 0.1) is 42.9 Å². The van der Waals surface area contributed by atoms with E-state index >= 15 is 0 Å². The van der Waals surface area contributed by atoms with Gasteiger partial charge in [-0.1, -0.05) is 35.3 Å². The third kappa shape index (κ3) is 6.62. The second kappa shape index (κ2) is 13.8. The maximum Gasteiger partial charge on any atom is 0.426 e. The first-order valence-corrected chi connectivity index (χ1v) is 16.2. The van der Waals surface area contributed by atoms with Crippen molar-refractivity contribution in [1.82, 2.24) is 10.0 Å². The molecule has 0 unspecified atom stereocenters. The summed E-state index contributed by atoms with van der Waals surface area (Å²) in [5, 5.41) is 13.9. The maximum absolute atomic E-state index is 14.4. The fourth-order valence-corrected chi connectivity index (χ4v) is 6.49. The third-order valence-corrected chi connectivity index (χ3v) is 9.43. The second-order valence-corrected chi connectivity index (χ2v) is 13.3. The van der Waals surface area contributed by atoms with Crippen LogP contribution in [0.15, 0.2) is 83.6 Å².